The molecule has 0 amide bonds. The van der Waals surface area contributed by atoms with E-state index in [-0.39, 0.29) is 29.6 Å². The molecule has 5 aliphatic carbocycles. The lowest BCUT2D eigenvalue weighted by atomic mass is 9.44. The van der Waals surface area contributed by atoms with Gasteiger partial charge in [-0.15, -0.1) is 0 Å². The number of nitrogens with two attached hydrogens (primary N) is 1. The Morgan fingerprint density at radius 2 is 2.00 bits per heavy atom. The summed E-state index contributed by atoms with van der Waals surface area (Å²) in [5.41, 5.74) is 10.8. The lowest BCUT2D eigenvalue weighted by Gasteiger charge is -2.61. The number of ketones is 1. The largest absolute Gasteiger partial charge is 0.396 e. The van der Waals surface area contributed by atoms with Gasteiger partial charge in [-0.05, 0) is 92.8 Å². The Hall–Kier alpha value is -0.910. The highest BCUT2D eigenvalue weighted by Crippen LogP contribution is 2.66. The van der Waals surface area contributed by atoms with E-state index in [1.54, 1.807) is 0 Å². The van der Waals surface area contributed by atoms with E-state index < -0.39 is 0 Å². The van der Waals surface area contributed by atoms with Crippen LogP contribution in [0.1, 0.15) is 78.1 Å². The van der Waals surface area contributed by atoms with Gasteiger partial charge in [0.1, 0.15) is 11.9 Å². The van der Waals surface area contributed by atoms with Gasteiger partial charge in [0.05, 0.1) is 0 Å². The molecule has 4 saturated carbocycles. The van der Waals surface area contributed by atoms with Crippen LogP contribution in [0.4, 0.5) is 0 Å². The second-order valence-corrected chi connectivity index (χ2v) is 11.5. The normalized spacial score (nSPS) is 50.5. The summed E-state index contributed by atoms with van der Waals surface area (Å²) in [6, 6.07) is 0.145. The molecule has 4 fully saturated rings. The number of hydrogen-bond acceptors (Lipinski definition) is 5. The zero-order valence-corrected chi connectivity index (χ0v) is 18.7. The molecule has 0 aliphatic heterocycles. The summed E-state index contributed by atoms with van der Waals surface area (Å²) >= 11 is 0. The highest BCUT2D eigenvalue weighted by atomic mass is 16.7. The van der Waals surface area contributed by atoms with E-state index in [2.05, 4.69) is 25.4 Å². The highest BCUT2D eigenvalue weighted by molar-refractivity contribution is 5.87. The minimum atomic E-state index is -0.136. The summed E-state index contributed by atoms with van der Waals surface area (Å²) in [4.78, 5) is 18.7. The second kappa shape index (κ2) is 7.60. The van der Waals surface area contributed by atoms with E-state index in [1.165, 1.54) is 5.70 Å². The van der Waals surface area contributed by atoms with Gasteiger partial charge in [-0.25, -0.2) is 0 Å². The van der Waals surface area contributed by atoms with E-state index in [9.17, 15) is 9.90 Å². The summed E-state index contributed by atoms with van der Waals surface area (Å²) in [7, 11) is 0. The Bertz CT molecular complexity index is 723. The van der Waals surface area contributed by atoms with Crippen molar-refractivity contribution in [2.24, 2.45) is 46.2 Å². The number of aliphatic hydroxyl groups is 1. The third-order valence-corrected chi connectivity index (χ3v) is 10.3. The average Bonchev–Trinajstić information content (AvgIpc) is 3.28. The third kappa shape index (κ3) is 3.10. The van der Waals surface area contributed by atoms with Gasteiger partial charge in [0.15, 0.2) is 0 Å². The molecule has 5 rings (SSSR count). The summed E-state index contributed by atoms with van der Waals surface area (Å²) in [5.74, 6) is 2.83. The van der Waals surface area contributed by atoms with E-state index in [0.717, 1.165) is 64.2 Å². The fraction of sp³-hybridized carbons (Fsp3) is 0.880. The predicted molar refractivity (Wildman–Crippen MR) is 116 cm³/mol. The molecule has 30 heavy (non-hydrogen) atoms. The van der Waals surface area contributed by atoms with E-state index in [1.807, 2.05) is 0 Å². The van der Waals surface area contributed by atoms with Crippen molar-refractivity contribution in [2.75, 3.05) is 6.61 Å². The number of carbonyl (C=O) groups is 1. The zero-order chi connectivity index (χ0) is 21.1. The Morgan fingerprint density at radius 3 is 2.73 bits per heavy atom. The Balaban J connectivity index is 1.36. The standard InChI is InChI=1S/C25H40N2O3/c1-24-10-8-17(27-30-21-5-3-4-20(21)26)13-16(24)12-15(14-28)23-18-6-7-22(29)25(18,2)11-9-19(23)24/h13,15-16,18-21,23,27-28H,3-12,14,26H2,1-2H3/t15-,16?,18-,19-,20?,21?,23-,24-,25-/m0/s1. The van der Waals surface area contributed by atoms with Crippen molar-refractivity contribution in [2.45, 2.75) is 90.2 Å². The van der Waals surface area contributed by atoms with Gasteiger partial charge in [0.2, 0.25) is 0 Å². The molecule has 9 atom stereocenters. The van der Waals surface area contributed by atoms with Gasteiger partial charge in [-0.3, -0.25) is 15.1 Å². The molecule has 0 aromatic carbocycles. The van der Waals surface area contributed by atoms with Crippen LogP contribution in [0.15, 0.2) is 11.8 Å². The second-order valence-electron chi connectivity index (χ2n) is 11.5. The van der Waals surface area contributed by atoms with Crippen molar-refractivity contribution in [3.63, 3.8) is 0 Å². The van der Waals surface area contributed by atoms with Crippen LogP contribution in [0, 0.1) is 40.4 Å². The smallest absolute Gasteiger partial charge is 0.139 e. The maximum atomic E-state index is 12.7. The Kier molecular flexibility index (Phi) is 5.31. The van der Waals surface area contributed by atoms with Crippen LogP contribution >= 0.6 is 0 Å². The number of aliphatic hydroxyl groups excluding tert-OH is 1. The summed E-state index contributed by atoms with van der Waals surface area (Å²) in [5, 5.41) is 10.4. The SMILES string of the molecule is C[C@]12CCC(NOC3CCCC3N)=CC1C[C@@H](CO)[C@@H]1[C@@H]2CC[C@]2(C)C(=O)CC[C@@H]12. The van der Waals surface area contributed by atoms with Gasteiger partial charge >= 0.3 is 0 Å². The molecule has 0 spiro atoms. The first-order valence-electron chi connectivity index (χ1n) is 12.4. The van der Waals surface area contributed by atoms with Gasteiger partial charge in [-0.1, -0.05) is 19.9 Å². The number of nitrogens with one attached hydrogen (secondary N) is 1. The number of fused-ring (bicyclic) bond motifs is 5. The van der Waals surface area contributed by atoms with Crippen molar-refractivity contribution < 1.29 is 14.7 Å². The minimum absolute atomic E-state index is 0.121. The maximum absolute atomic E-state index is 12.7. The van der Waals surface area contributed by atoms with Crippen molar-refractivity contribution in [3.05, 3.63) is 11.8 Å². The molecule has 5 nitrogen and oxygen atoms in total. The van der Waals surface area contributed by atoms with Crippen LogP contribution in [0.25, 0.3) is 0 Å². The quantitative estimate of drug-likeness (QED) is 0.609. The number of carbonyl (C=O) groups excluding carboxylic acids is 1. The molecule has 0 bridgehead atoms. The number of hydroxylamine groups is 1. The summed E-state index contributed by atoms with van der Waals surface area (Å²) < 4.78 is 0. The number of Topliss-reactive ketones (excluding diaryl/α,β-unsaturated/α-hetero) is 1. The average molecular weight is 417 g/mol. The van der Waals surface area contributed by atoms with Crippen LogP contribution in [0.3, 0.4) is 0 Å². The molecule has 5 aliphatic rings. The molecular weight excluding hydrogens is 376 g/mol. The van der Waals surface area contributed by atoms with Crippen LogP contribution < -0.4 is 11.2 Å². The first-order valence-corrected chi connectivity index (χ1v) is 12.4. The molecule has 0 radical (unpaired) electrons. The van der Waals surface area contributed by atoms with E-state index >= 15 is 0 Å². The maximum Gasteiger partial charge on any atom is 0.139 e. The summed E-state index contributed by atoms with van der Waals surface area (Å²) in [6.45, 7) is 4.96. The van der Waals surface area contributed by atoms with Crippen molar-refractivity contribution in [1.29, 1.82) is 0 Å². The molecule has 0 aromatic heterocycles. The molecule has 0 heterocycles. The number of allylic oxidation sites excluding steroid dienone is 2. The Morgan fingerprint density at radius 1 is 1.17 bits per heavy atom. The molecule has 0 saturated heterocycles. The van der Waals surface area contributed by atoms with Gasteiger partial charge in [0.25, 0.3) is 0 Å². The molecule has 4 N–H and O–H groups in total. The number of hydrogen-bond donors (Lipinski definition) is 3. The molecular formula is C25H40N2O3. The first-order chi connectivity index (χ1) is 14.4. The van der Waals surface area contributed by atoms with Crippen LogP contribution in [0.5, 0.6) is 0 Å². The minimum Gasteiger partial charge on any atom is -0.396 e. The van der Waals surface area contributed by atoms with Crippen LogP contribution in [-0.2, 0) is 9.63 Å². The van der Waals surface area contributed by atoms with Crippen LogP contribution in [-0.4, -0.2) is 29.6 Å². The molecule has 5 heteroatoms. The monoisotopic (exact) mass is 416 g/mol. The van der Waals surface area contributed by atoms with Crippen molar-refractivity contribution in [1.82, 2.24) is 5.48 Å². The number of rotatable bonds is 4. The van der Waals surface area contributed by atoms with Gasteiger partial charge in [-0.2, -0.15) is 0 Å². The predicted octanol–water partition coefficient (Wildman–Crippen LogP) is 3.71. The Labute approximate surface area is 181 Å². The topological polar surface area (TPSA) is 84.6 Å². The zero-order valence-electron chi connectivity index (χ0n) is 18.7. The van der Waals surface area contributed by atoms with Crippen LogP contribution in [0.2, 0.25) is 0 Å². The highest BCUT2D eigenvalue weighted by Gasteiger charge is 2.61. The van der Waals surface area contributed by atoms with Crippen molar-refractivity contribution in [3.8, 4) is 0 Å². The fourth-order valence-electron chi connectivity index (χ4n) is 8.31. The first kappa shape index (κ1) is 21.0. The lowest BCUT2D eigenvalue weighted by molar-refractivity contribution is -0.145. The molecule has 3 unspecified atom stereocenters. The van der Waals surface area contributed by atoms with Gasteiger partial charge in [0, 0.05) is 30.2 Å². The lowest BCUT2D eigenvalue weighted by Crippen LogP contribution is -2.56. The van der Waals surface area contributed by atoms with E-state index in [0.29, 0.717) is 35.4 Å². The van der Waals surface area contributed by atoms with Gasteiger partial charge < -0.3 is 10.8 Å². The fourth-order valence-corrected chi connectivity index (χ4v) is 8.31. The molecule has 0 aromatic rings. The van der Waals surface area contributed by atoms with E-state index in [4.69, 9.17) is 10.6 Å². The summed E-state index contributed by atoms with van der Waals surface area (Å²) in [6.07, 6.45) is 12.9. The van der Waals surface area contributed by atoms with Crippen molar-refractivity contribution >= 4 is 5.78 Å². The third-order valence-electron chi connectivity index (χ3n) is 10.3. The molecule has 168 valence electrons.